The monoisotopic (exact) mass is 288 g/mol. The van der Waals surface area contributed by atoms with Crippen molar-refractivity contribution < 1.29 is 0 Å². The second-order valence-electron chi connectivity index (χ2n) is 4.37. The molecule has 1 aromatic heterocycles. The van der Waals surface area contributed by atoms with Crippen molar-refractivity contribution in [2.75, 3.05) is 0 Å². The first-order valence-electron chi connectivity index (χ1n) is 5.85. The topological polar surface area (TPSA) is 0 Å². The summed E-state index contributed by atoms with van der Waals surface area (Å²) in [5, 5.41) is 0. The largest absolute Gasteiger partial charge is 0.145 e. The molecule has 15 heavy (non-hydrogen) atoms. The van der Waals surface area contributed by atoms with Crippen LogP contribution in [0.4, 0.5) is 0 Å². The van der Waals surface area contributed by atoms with E-state index in [1.165, 1.54) is 30.6 Å². The SMILES string of the molecule is CCc1ccc(CCCC(Br)C(C)C)s1. The molecule has 1 rings (SSSR count). The number of halogens is 1. The predicted molar refractivity (Wildman–Crippen MR) is 74.2 cm³/mol. The normalized spacial score (nSPS) is 13.4. The van der Waals surface area contributed by atoms with E-state index >= 15 is 0 Å². The standard InChI is InChI=1S/C13H21BrS/c1-4-11-8-9-12(15-11)6-5-7-13(14)10(2)3/h8-10,13H,4-7H2,1-3H3. The van der Waals surface area contributed by atoms with Gasteiger partial charge in [-0.05, 0) is 43.7 Å². The Morgan fingerprint density at radius 2 is 1.93 bits per heavy atom. The maximum absolute atomic E-state index is 3.74. The summed E-state index contributed by atoms with van der Waals surface area (Å²) in [6.07, 6.45) is 5.02. The molecule has 0 aliphatic carbocycles. The van der Waals surface area contributed by atoms with Crippen LogP contribution in [-0.4, -0.2) is 4.83 Å². The van der Waals surface area contributed by atoms with Gasteiger partial charge in [-0.15, -0.1) is 11.3 Å². The van der Waals surface area contributed by atoms with Crippen molar-refractivity contribution in [2.24, 2.45) is 5.92 Å². The molecule has 86 valence electrons. The highest BCUT2D eigenvalue weighted by Crippen LogP contribution is 2.22. The van der Waals surface area contributed by atoms with Crippen molar-refractivity contribution in [3.8, 4) is 0 Å². The van der Waals surface area contributed by atoms with Gasteiger partial charge in [0, 0.05) is 14.6 Å². The maximum Gasteiger partial charge on any atom is 0.0168 e. The lowest BCUT2D eigenvalue weighted by Gasteiger charge is -2.12. The first-order valence-corrected chi connectivity index (χ1v) is 7.58. The van der Waals surface area contributed by atoms with Gasteiger partial charge in [0.1, 0.15) is 0 Å². The summed E-state index contributed by atoms with van der Waals surface area (Å²) < 4.78 is 0. The van der Waals surface area contributed by atoms with Crippen LogP contribution in [-0.2, 0) is 12.8 Å². The van der Waals surface area contributed by atoms with Gasteiger partial charge >= 0.3 is 0 Å². The van der Waals surface area contributed by atoms with E-state index in [2.05, 4.69) is 48.8 Å². The van der Waals surface area contributed by atoms with Gasteiger partial charge in [0.25, 0.3) is 0 Å². The van der Waals surface area contributed by atoms with Crippen LogP contribution in [0.25, 0.3) is 0 Å². The van der Waals surface area contributed by atoms with Gasteiger partial charge in [-0.25, -0.2) is 0 Å². The van der Waals surface area contributed by atoms with Gasteiger partial charge in [-0.1, -0.05) is 36.7 Å². The molecule has 0 radical (unpaired) electrons. The fourth-order valence-electron chi connectivity index (χ4n) is 1.55. The van der Waals surface area contributed by atoms with Gasteiger partial charge in [0.15, 0.2) is 0 Å². The number of hydrogen-bond acceptors (Lipinski definition) is 1. The van der Waals surface area contributed by atoms with Crippen molar-refractivity contribution in [1.82, 2.24) is 0 Å². The fourth-order valence-corrected chi connectivity index (χ4v) is 2.87. The smallest absolute Gasteiger partial charge is 0.0168 e. The van der Waals surface area contributed by atoms with Crippen LogP contribution in [0.2, 0.25) is 0 Å². The van der Waals surface area contributed by atoms with Gasteiger partial charge in [0.05, 0.1) is 0 Å². The zero-order chi connectivity index (χ0) is 11.3. The lowest BCUT2D eigenvalue weighted by Crippen LogP contribution is -2.06. The summed E-state index contributed by atoms with van der Waals surface area (Å²) in [6.45, 7) is 6.78. The summed E-state index contributed by atoms with van der Waals surface area (Å²) in [7, 11) is 0. The van der Waals surface area contributed by atoms with Crippen LogP contribution in [0.5, 0.6) is 0 Å². The molecule has 1 unspecified atom stereocenters. The van der Waals surface area contributed by atoms with Crippen LogP contribution < -0.4 is 0 Å². The zero-order valence-corrected chi connectivity index (χ0v) is 12.3. The number of aryl methyl sites for hydroxylation is 2. The average Bonchev–Trinajstić information content (AvgIpc) is 2.65. The van der Waals surface area contributed by atoms with Crippen molar-refractivity contribution in [2.45, 2.75) is 51.3 Å². The molecule has 0 fully saturated rings. The summed E-state index contributed by atoms with van der Waals surface area (Å²) >= 11 is 5.72. The minimum Gasteiger partial charge on any atom is -0.145 e. The molecule has 0 N–H and O–H groups in total. The van der Waals surface area contributed by atoms with E-state index in [0.717, 1.165) is 5.92 Å². The predicted octanol–water partition coefficient (Wildman–Crippen LogP) is 5.05. The molecule has 1 atom stereocenters. The van der Waals surface area contributed by atoms with Crippen LogP contribution >= 0.6 is 27.3 Å². The van der Waals surface area contributed by atoms with Gasteiger partial charge in [-0.3, -0.25) is 0 Å². The Labute approximate surface area is 106 Å². The Morgan fingerprint density at radius 1 is 1.27 bits per heavy atom. The quantitative estimate of drug-likeness (QED) is 0.643. The van der Waals surface area contributed by atoms with Crippen LogP contribution in [0.1, 0.15) is 43.4 Å². The highest BCUT2D eigenvalue weighted by Gasteiger charge is 2.08. The van der Waals surface area contributed by atoms with Crippen LogP contribution in [0, 0.1) is 5.92 Å². The molecule has 0 aliphatic heterocycles. The Morgan fingerprint density at radius 3 is 2.47 bits per heavy atom. The number of hydrogen-bond donors (Lipinski definition) is 0. The molecule has 2 heteroatoms. The molecule has 0 aliphatic rings. The molecule has 0 spiro atoms. The van der Waals surface area contributed by atoms with Crippen molar-refractivity contribution in [3.05, 3.63) is 21.9 Å². The molecule has 0 nitrogen and oxygen atoms in total. The second-order valence-corrected chi connectivity index (χ2v) is 6.80. The summed E-state index contributed by atoms with van der Waals surface area (Å²) in [5.74, 6) is 0.750. The van der Waals surface area contributed by atoms with Crippen LogP contribution in [0.15, 0.2) is 12.1 Å². The molecular formula is C13H21BrS. The van der Waals surface area contributed by atoms with E-state index < -0.39 is 0 Å². The minimum atomic E-state index is 0.683. The molecule has 0 saturated carbocycles. The molecule has 0 amide bonds. The van der Waals surface area contributed by atoms with Crippen molar-refractivity contribution in [3.63, 3.8) is 0 Å². The van der Waals surface area contributed by atoms with E-state index in [1.807, 2.05) is 11.3 Å². The van der Waals surface area contributed by atoms with Crippen molar-refractivity contribution in [1.29, 1.82) is 0 Å². The molecule has 1 heterocycles. The van der Waals surface area contributed by atoms with E-state index in [9.17, 15) is 0 Å². The third-order valence-electron chi connectivity index (χ3n) is 2.69. The Balaban J connectivity index is 2.25. The highest BCUT2D eigenvalue weighted by molar-refractivity contribution is 9.09. The van der Waals surface area contributed by atoms with E-state index in [0.29, 0.717) is 4.83 Å². The summed E-state index contributed by atoms with van der Waals surface area (Å²) in [6, 6.07) is 4.57. The highest BCUT2D eigenvalue weighted by atomic mass is 79.9. The van der Waals surface area contributed by atoms with Crippen molar-refractivity contribution >= 4 is 27.3 Å². The van der Waals surface area contributed by atoms with E-state index in [4.69, 9.17) is 0 Å². The zero-order valence-electron chi connectivity index (χ0n) is 9.92. The first-order chi connectivity index (χ1) is 7.13. The minimum absolute atomic E-state index is 0.683. The van der Waals surface area contributed by atoms with E-state index in [-0.39, 0.29) is 0 Å². The van der Waals surface area contributed by atoms with Gasteiger partial charge < -0.3 is 0 Å². The lowest BCUT2D eigenvalue weighted by atomic mass is 10.0. The number of alkyl halides is 1. The third-order valence-corrected chi connectivity index (χ3v) is 5.50. The molecule has 0 bridgehead atoms. The third kappa shape index (κ3) is 4.69. The summed E-state index contributed by atoms with van der Waals surface area (Å²) in [5.41, 5.74) is 0. The molecule has 0 aromatic carbocycles. The number of thiophene rings is 1. The second kappa shape index (κ2) is 6.70. The Bertz CT molecular complexity index is 278. The average molecular weight is 289 g/mol. The van der Waals surface area contributed by atoms with Crippen LogP contribution in [0.3, 0.4) is 0 Å². The molecule has 1 aromatic rings. The van der Waals surface area contributed by atoms with E-state index in [1.54, 1.807) is 4.88 Å². The molecular weight excluding hydrogens is 268 g/mol. The number of rotatable bonds is 6. The Kier molecular flexibility index (Phi) is 5.91. The Hall–Kier alpha value is 0.180. The van der Waals surface area contributed by atoms with Gasteiger partial charge in [0.2, 0.25) is 0 Å². The maximum atomic E-state index is 3.74. The molecule has 0 saturated heterocycles. The fraction of sp³-hybridized carbons (Fsp3) is 0.692. The lowest BCUT2D eigenvalue weighted by molar-refractivity contribution is 0.564. The first kappa shape index (κ1) is 13.2. The van der Waals surface area contributed by atoms with Gasteiger partial charge in [-0.2, -0.15) is 0 Å². The summed E-state index contributed by atoms with van der Waals surface area (Å²) in [4.78, 5) is 3.75.